The fourth-order valence-electron chi connectivity index (χ4n) is 3.37. The molecule has 30 heavy (non-hydrogen) atoms. The molecule has 0 fully saturated rings. The van der Waals surface area contributed by atoms with Crippen molar-refractivity contribution >= 4 is 16.8 Å². The van der Waals surface area contributed by atoms with E-state index in [1.165, 1.54) is 0 Å². The Morgan fingerprint density at radius 2 is 1.87 bits per heavy atom. The van der Waals surface area contributed by atoms with E-state index in [0.717, 1.165) is 16.5 Å². The van der Waals surface area contributed by atoms with Crippen LogP contribution < -0.4 is 10.9 Å². The molecule has 4 rings (SSSR count). The second kappa shape index (κ2) is 8.65. The van der Waals surface area contributed by atoms with Crippen molar-refractivity contribution in [3.05, 3.63) is 88.1 Å². The van der Waals surface area contributed by atoms with Crippen LogP contribution in [0.5, 0.6) is 0 Å². The molecule has 0 bridgehead atoms. The second-order valence-corrected chi connectivity index (χ2v) is 6.96. The molecule has 1 aromatic carbocycles. The zero-order chi connectivity index (χ0) is 20.9. The number of amides is 1. The number of benzene rings is 1. The van der Waals surface area contributed by atoms with Crippen molar-refractivity contribution in [3.8, 4) is 11.5 Å². The molecule has 3 aromatic heterocycles. The quantitative estimate of drug-likeness (QED) is 0.519. The van der Waals surface area contributed by atoms with Crippen molar-refractivity contribution in [2.75, 3.05) is 6.54 Å². The Balaban J connectivity index is 1.41. The van der Waals surface area contributed by atoms with E-state index in [-0.39, 0.29) is 17.9 Å². The third kappa shape index (κ3) is 4.25. The van der Waals surface area contributed by atoms with E-state index < -0.39 is 0 Å². The van der Waals surface area contributed by atoms with Crippen LogP contribution in [0.2, 0.25) is 0 Å². The molecule has 7 nitrogen and oxygen atoms in total. The van der Waals surface area contributed by atoms with E-state index in [1.54, 1.807) is 31.5 Å². The Morgan fingerprint density at radius 3 is 2.67 bits per heavy atom. The summed E-state index contributed by atoms with van der Waals surface area (Å²) in [5.74, 6) is 0.176. The number of para-hydroxylation sites is 1. The SMILES string of the molecule is Cc1nc(-c2ccccn2)[nH]c(=O)c1CC(=O)NCCc1cccc2cccnc12. The first kappa shape index (κ1) is 19.4. The van der Waals surface area contributed by atoms with Crippen LogP contribution in [0.15, 0.2) is 65.7 Å². The maximum atomic E-state index is 12.5. The topological polar surface area (TPSA) is 101 Å². The largest absolute Gasteiger partial charge is 0.355 e. The van der Waals surface area contributed by atoms with Crippen LogP contribution in [0.3, 0.4) is 0 Å². The zero-order valence-corrected chi connectivity index (χ0v) is 16.6. The molecule has 0 aliphatic heterocycles. The highest BCUT2D eigenvalue weighted by atomic mass is 16.2. The number of nitrogens with zero attached hydrogens (tertiary/aromatic N) is 3. The minimum absolute atomic E-state index is 0.0234. The van der Waals surface area contributed by atoms with Crippen molar-refractivity contribution in [2.45, 2.75) is 19.8 Å². The third-order valence-corrected chi connectivity index (χ3v) is 4.90. The van der Waals surface area contributed by atoms with Crippen molar-refractivity contribution in [1.82, 2.24) is 25.3 Å². The van der Waals surface area contributed by atoms with E-state index in [9.17, 15) is 9.59 Å². The van der Waals surface area contributed by atoms with Gasteiger partial charge in [0, 0.05) is 35.6 Å². The number of pyridine rings is 2. The lowest BCUT2D eigenvalue weighted by Crippen LogP contribution is -2.30. The third-order valence-electron chi connectivity index (χ3n) is 4.90. The van der Waals surface area contributed by atoms with Crippen LogP contribution in [0.1, 0.15) is 16.8 Å². The highest BCUT2D eigenvalue weighted by Crippen LogP contribution is 2.16. The van der Waals surface area contributed by atoms with Crippen LogP contribution in [-0.2, 0) is 17.6 Å². The number of fused-ring (bicyclic) bond motifs is 1. The Labute approximate surface area is 173 Å². The first-order chi connectivity index (χ1) is 14.6. The average molecular weight is 399 g/mol. The van der Waals surface area contributed by atoms with Crippen LogP contribution in [0.4, 0.5) is 0 Å². The number of rotatable bonds is 6. The van der Waals surface area contributed by atoms with Gasteiger partial charge in [0.15, 0.2) is 5.82 Å². The Hall–Kier alpha value is -3.87. The van der Waals surface area contributed by atoms with Gasteiger partial charge in [-0.15, -0.1) is 0 Å². The normalized spacial score (nSPS) is 10.8. The monoisotopic (exact) mass is 399 g/mol. The van der Waals surface area contributed by atoms with Gasteiger partial charge in [0.05, 0.1) is 11.9 Å². The van der Waals surface area contributed by atoms with Gasteiger partial charge in [0.25, 0.3) is 5.56 Å². The maximum Gasteiger partial charge on any atom is 0.255 e. The highest BCUT2D eigenvalue weighted by molar-refractivity contribution is 5.82. The number of hydrogen-bond donors (Lipinski definition) is 2. The highest BCUT2D eigenvalue weighted by Gasteiger charge is 2.14. The van der Waals surface area contributed by atoms with E-state index in [0.29, 0.717) is 35.7 Å². The number of hydrogen-bond acceptors (Lipinski definition) is 5. The average Bonchev–Trinajstić information content (AvgIpc) is 2.77. The second-order valence-electron chi connectivity index (χ2n) is 6.96. The summed E-state index contributed by atoms with van der Waals surface area (Å²) in [5.41, 5.74) is 3.15. The Kier molecular flexibility index (Phi) is 5.61. The Morgan fingerprint density at radius 1 is 1.03 bits per heavy atom. The summed E-state index contributed by atoms with van der Waals surface area (Å²) < 4.78 is 0. The number of H-pyrrole nitrogens is 1. The van der Waals surface area contributed by atoms with Gasteiger partial charge >= 0.3 is 0 Å². The number of carbonyl (C=O) groups excluding carboxylic acids is 1. The molecule has 0 unspecified atom stereocenters. The summed E-state index contributed by atoms with van der Waals surface area (Å²) in [7, 11) is 0. The van der Waals surface area contributed by atoms with Gasteiger partial charge in [-0.05, 0) is 37.1 Å². The molecule has 3 heterocycles. The van der Waals surface area contributed by atoms with Crippen LogP contribution in [0, 0.1) is 6.92 Å². The Bertz CT molecular complexity index is 1250. The predicted octanol–water partition coefficient (Wildman–Crippen LogP) is 2.59. The minimum Gasteiger partial charge on any atom is -0.355 e. The number of aryl methyl sites for hydroxylation is 1. The van der Waals surface area contributed by atoms with Gasteiger partial charge in [0.1, 0.15) is 5.69 Å². The summed E-state index contributed by atoms with van der Waals surface area (Å²) in [4.78, 5) is 40.7. The molecule has 150 valence electrons. The van der Waals surface area contributed by atoms with Crippen LogP contribution >= 0.6 is 0 Å². The van der Waals surface area contributed by atoms with Crippen molar-refractivity contribution in [3.63, 3.8) is 0 Å². The molecule has 0 aliphatic carbocycles. The number of carbonyl (C=O) groups is 1. The molecular formula is C23H21N5O2. The number of aromatic nitrogens is 4. The maximum absolute atomic E-state index is 12.5. The summed E-state index contributed by atoms with van der Waals surface area (Å²) in [6, 6.07) is 15.3. The first-order valence-corrected chi connectivity index (χ1v) is 9.72. The van der Waals surface area contributed by atoms with Gasteiger partial charge in [-0.25, -0.2) is 4.98 Å². The van der Waals surface area contributed by atoms with E-state index in [4.69, 9.17) is 0 Å². The summed E-state index contributed by atoms with van der Waals surface area (Å²) in [6.45, 7) is 2.19. The van der Waals surface area contributed by atoms with E-state index in [1.807, 2.05) is 36.4 Å². The molecule has 0 saturated heterocycles. The first-order valence-electron chi connectivity index (χ1n) is 9.72. The molecular weight excluding hydrogens is 378 g/mol. The van der Waals surface area contributed by atoms with Gasteiger partial charge in [-0.1, -0.05) is 30.3 Å². The summed E-state index contributed by atoms with van der Waals surface area (Å²) >= 11 is 0. The molecule has 4 aromatic rings. The summed E-state index contributed by atoms with van der Waals surface area (Å²) in [5, 5.41) is 3.96. The van der Waals surface area contributed by atoms with Crippen LogP contribution in [-0.4, -0.2) is 32.4 Å². The molecule has 7 heteroatoms. The van der Waals surface area contributed by atoms with E-state index in [2.05, 4.69) is 25.3 Å². The molecule has 0 aliphatic rings. The fraction of sp³-hybridized carbons (Fsp3) is 0.174. The van der Waals surface area contributed by atoms with Gasteiger partial charge in [0.2, 0.25) is 5.91 Å². The predicted molar refractivity (Wildman–Crippen MR) is 115 cm³/mol. The van der Waals surface area contributed by atoms with Gasteiger partial charge in [-0.3, -0.25) is 19.6 Å². The lowest BCUT2D eigenvalue weighted by atomic mass is 10.1. The zero-order valence-electron chi connectivity index (χ0n) is 16.6. The fourth-order valence-corrected chi connectivity index (χ4v) is 3.37. The van der Waals surface area contributed by atoms with Gasteiger partial charge < -0.3 is 10.3 Å². The van der Waals surface area contributed by atoms with E-state index >= 15 is 0 Å². The molecule has 0 saturated carbocycles. The number of nitrogens with one attached hydrogen (secondary N) is 2. The lowest BCUT2D eigenvalue weighted by Gasteiger charge is -2.09. The van der Waals surface area contributed by atoms with Crippen molar-refractivity contribution < 1.29 is 4.79 Å². The molecule has 0 radical (unpaired) electrons. The number of aromatic amines is 1. The molecule has 0 atom stereocenters. The van der Waals surface area contributed by atoms with Gasteiger partial charge in [-0.2, -0.15) is 0 Å². The molecule has 1 amide bonds. The minimum atomic E-state index is -0.323. The van der Waals surface area contributed by atoms with Crippen molar-refractivity contribution in [2.24, 2.45) is 0 Å². The molecule has 2 N–H and O–H groups in total. The lowest BCUT2D eigenvalue weighted by molar-refractivity contribution is -0.120. The smallest absolute Gasteiger partial charge is 0.255 e. The van der Waals surface area contributed by atoms with Crippen LogP contribution in [0.25, 0.3) is 22.4 Å². The molecule has 0 spiro atoms. The van der Waals surface area contributed by atoms with Crippen molar-refractivity contribution in [1.29, 1.82) is 0 Å². The standard InChI is InChI=1S/C23H21N5O2/c1-15-18(23(30)28-22(27-15)19-9-2-3-11-24-19)14-20(29)25-13-10-17-7-4-6-16-8-5-12-26-21(16)17/h2-9,11-12H,10,13-14H2,1H3,(H,25,29)(H,27,28,30). The summed E-state index contributed by atoms with van der Waals surface area (Å²) in [6.07, 6.45) is 4.04.